The number of carbonyl (C=O) groups excluding carboxylic acids is 2. The van der Waals surface area contributed by atoms with Crippen molar-refractivity contribution in [3.05, 3.63) is 36.7 Å². The third kappa shape index (κ3) is 5.33. The maximum atomic E-state index is 12.5. The molecular weight excluding hydrogens is 362 g/mol. The summed E-state index contributed by atoms with van der Waals surface area (Å²) in [7, 11) is 0. The average molecular weight is 390 g/mol. The van der Waals surface area contributed by atoms with Gasteiger partial charge in [0, 0.05) is 23.3 Å². The van der Waals surface area contributed by atoms with E-state index in [-0.39, 0.29) is 24.9 Å². The van der Waals surface area contributed by atoms with Crippen molar-refractivity contribution in [3.8, 4) is 0 Å². The summed E-state index contributed by atoms with van der Waals surface area (Å²) in [5, 5.41) is 9.83. The van der Waals surface area contributed by atoms with Gasteiger partial charge in [0.2, 0.25) is 11.8 Å². The SMILES string of the molecule is CCC(CC)(CN)C(=O)Nc1cnn(CC(=O)Nc2ccc(SC)cc2)c1. The minimum absolute atomic E-state index is 0.0593. The molecule has 4 N–H and O–H groups in total. The molecule has 0 spiro atoms. The molecule has 1 heterocycles. The fourth-order valence-electron chi connectivity index (χ4n) is 2.75. The Morgan fingerprint density at radius 3 is 2.37 bits per heavy atom. The number of anilines is 2. The third-order valence-corrected chi connectivity index (χ3v) is 5.54. The molecule has 146 valence electrons. The Labute approximate surface area is 164 Å². The second-order valence-electron chi connectivity index (χ2n) is 6.35. The molecule has 27 heavy (non-hydrogen) atoms. The summed E-state index contributed by atoms with van der Waals surface area (Å²) in [4.78, 5) is 25.9. The number of nitrogens with one attached hydrogen (secondary N) is 2. The highest BCUT2D eigenvalue weighted by atomic mass is 32.2. The van der Waals surface area contributed by atoms with Gasteiger partial charge in [0.15, 0.2) is 0 Å². The lowest BCUT2D eigenvalue weighted by Crippen LogP contribution is -2.41. The number of aromatic nitrogens is 2. The fraction of sp³-hybridized carbons (Fsp3) is 0.421. The van der Waals surface area contributed by atoms with Gasteiger partial charge in [-0.15, -0.1) is 11.8 Å². The first-order valence-electron chi connectivity index (χ1n) is 8.94. The van der Waals surface area contributed by atoms with Crippen LogP contribution < -0.4 is 16.4 Å². The zero-order valence-corrected chi connectivity index (χ0v) is 16.8. The van der Waals surface area contributed by atoms with Crippen molar-refractivity contribution in [2.45, 2.75) is 38.1 Å². The van der Waals surface area contributed by atoms with Crippen molar-refractivity contribution in [1.82, 2.24) is 9.78 Å². The summed E-state index contributed by atoms with van der Waals surface area (Å²) in [5.41, 5.74) is 6.52. The Morgan fingerprint density at radius 2 is 1.81 bits per heavy atom. The van der Waals surface area contributed by atoms with E-state index in [0.29, 0.717) is 18.5 Å². The molecule has 7 nitrogen and oxygen atoms in total. The number of benzene rings is 1. The molecule has 0 aliphatic carbocycles. The molecule has 0 atom stereocenters. The van der Waals surface area contributed by atoms with Gasteiger partial charge in [-0.05, 0) is 43.4 Å². The third-order valence-electron chi connectivity index (χ3n) is 4.80. The molecule has 0 radical (unpaired) electrons. The number of amides is 2. The van der Waals surface area contributed by atoms with Crippen LogP contribution in [-0.4, -0.2) is 34.4 Å². The molecule has 2 aromatic rings. The Morgan fingerprint density at radius 1 is 1.15 bits per heavy atom. The first kappa shape index (κ1) is 21.0. The van der Waals surface area contributed by atoms with E-state index >= 15 is 0 Å². The van der Waals surface area contributed by atoms with Crippen LogP contribution in [0.1, 0.15) is 26.7 Å². The van der Waals surface area contributed by atoms with Crippen molar-refractivity contribution in [2.24, 2.45) is 11.1 Å². The summed E-state index contributed by atoms with van der Waals surface area (Å²) in [5.74, 6) is -0.306. The average Bonchev–Trinajstić information content (AvgIpc) is 3.10. The van der Waals surface area contributed by atoms with E-state index < -0.39 is 5.41 Å². The Balaban J connectivity index is 1.94. The van der Waals surface area contributed by atoms with Gasteiger partial charge in [0.05, 0.1) is 17.3 Å². The lowest BCUT2D eigenvalue weighted by molar-refractivity contribution is -0.125. The quantitative estimate of drug-likeness (QED) is 0.572. The van der Waals surface area contributed by atoms with Gasteiger partial charge in [-0.25, -0.2) is 0 Å². The highest BCUT2D eigenvalue weighted by Gasteiger charge is 2.33. The zero-order valence-electron chi connectivity index (χ0n) is 16.0. The van der Waals surface area contributed by atoms with Crippen LogP contribution in [0.3, 0.4) is 0 Å². The number of nitrogens with two attached hydrogens (primary N) is 1. The number of thioether (sulfide) groups is 1. The van der Waals surface area contributed by atoms with Crippen LogP contribution in [0.15, 0.2) is 41.6 Å². The van der Waals surface area contributed by atoms with Crippen LogP contribution in [0, 0.1) is 5.41 Å². The Hall–Kier alpha value is -2.32. The summed E-state index contributed by atoms with van der Waals surface area (Å²) in [6, 6.07) is 7.63. The normalized spacial score (nSPS) is 11.3. The molecule has 0 aliphatic heterocycles. The molecule has 0 saturated heterocycles. The minimum Gasteiger partial charge on any atom is -0.329 e. The number of rotatable bonds is 9. The second-order valence-corrected chi connectivity index (χ2v) is 7.23. The maximum absolute atomic E-state index is 12.5. The van der Waals surface area contributed by atoms with E-state index in [0.717, 1.165) is 10.6 Å². The van der Waals surface area contributed by atoms with Gasteiger partial charge >= 0.3 is 0 Å². The second kappa shape index (κ2) is 9.57. The molecule has 0 saturated carbocycles. The molecule has 0 aliphatic rings. The molecule has 0 fully saturated rings. The predicted molar refractivity (Wildman–Crippen MR) is 110 cm³/mol. The van der Waals surface area contributed by atoms with Crippen molar-refractivity contribution >= 4 is 35.0 Å². The van der Waals surface area contributed by atoms with E-state index in [4.69, 9.17) is 5.73 Å². The van der Waals surface area contributed by atoms with Crippen molar-refractivity contribution in [2.75, 3.05) is 23.4 Å². The van der Waals surface area contributed by atoms with Crippen molar-refractivity contribution < 1.29 is 9.59 Å². The van der Waals surface area contributed by atoms with Crippen molar-refractivity contribution in [1.29, 1.82) is 0 Å². The molecule has 2 rings (SSSR count). The standard InChI is InChI=1S/C19H27N5O2S/c1-4-19(5-2,13-20)18(26)23-15-10-21-24(11-15)12-17(25)22-14-6-8-16(27-3)9-7-14/h6-11H,4-5,12-13,20H2,1-3H3,(H,22,25)(H,23,26). The molecule has 0 unspecified atom stereocenters. The van der Waals surface area contributed by atoms with Crippen LogP contribution in [0.5, 0.6) is 0 Å². The van der Waals surface area contributed by atoms with Gasteiger partial charge in [-0.2, -0.15) is 5.10 Å². The van der Waals surface area contributed by atoms with E-state index in [2.05, 4.69) is 15.7 Å². The predicted octanol–water partition coefficient (Wildman–Crippen LogP) is 2.95. The largest absolute Gasteiger partial charge is 0.329 e. The number of hydrogen-bond acceptors (Lipinski definition) is 5. The highest BCUT2D eigenvalue weighted by molar-refractivity contribution is 7.98. The molecular formula is C19H27N5O2S. The van der Waals surface area contributed by atoms with Crippen LogP contribution in [-0.2, 0) is 16.1 Å². The molecule has 2 amide bonds. The van der Waals surface area contributed by atoms with Gasteiger partial charge in [0.25, 0.3) is 0 Å². The topological polar surface area (TPSA) is 102 Å². The zero-order chi connectivity index (χ0) is 19.9. The van der Waals surface area contributed by atoms with E-state index in [1.165, 1.54) is 10.9 Å². The van der Waals surface area contributed by atoms with E-state index in [1.807, 2.05) is 44.4 Å². The number of carbonyl (C=O) groups is 2. The van der Waals surface area contributed by atoms with Gasteiger partial charge < -0.3 is 16.4 Å². The van der Waals surface area contributed by atoms with Gasteiger partial charge in [0.1, 0.15) is 6.54 Å². The van der Waals surface area contributed by atoms with Gasteiger partial charge in [-0.1, -0.05) is 13.8 Å². The molecule has 1 aromatic carbocycles. The smallest absolute Gasteiger partial charge is 0.246 e. The Kier molecular flexibility index (Phi) is 7.44. The molecule has 1 aromatic heterocycles. The number of hydrogen-bond donors (Lipinski definition) is 3. The summed E-state index contributed by atoms with van der Waals surface area (Å²) >= 11 is 1.64. The number of nitrogens with zero attached hydrogens (tertiary/aromatic N) is 2. The first-order chi connectivity index (χ1) is 13.0. The van der Waals surface area contributed by atoms with Crippen LogP contribution in [0.25, 0.3) is 0 Å². The van der Waals surface area contributed by atoms with Crippen LogP contribution in [0.2, 0.25) is 0 Å². The maximum Gasteiger partial charge on any atom is 0.246 e. The lowest BCUT2D eigenvalue weighted by atomic mass is 9.81. The highest BCUT2D eigenvalue weighted by Crippen LogP contribution is 2.26. The van der Waals surface area contributed by atoms with Crippen molar-refractivity contribution in [3.63, 3.8) is 0 Å². The minimum atomic E-state index is -0.581. The Bertz CT molecular complexity index is 760. The monoisotopic (exact) mass is 389 g/mol. The van der Waals surface area contributed by atoms with E-state index in [1.54, 1.807) is 18.0 Å². The summed E-state index contributed by atoms with van der Waals surface area (Å²) in [6.07, 6.45) is 6.50. The molecule has 0 bridgehead atoms. The summed E-state index contributed by atoms with van der Waals surface area (Å²) < 4.78 is 1.49. The van der Waals surface area contributed by atoms with E-state index in [9.17, 15) is 9.59 Å². The first-order valence-corrected chi connectivity index (χ1v) is 10.2. The van der Waals surface area contributed by atoms with Crippen LogP contribution in [0.4, 0.5) is 11.4 Å². The molecule has 8 heteroatoms. The van der Waals surface area contributed by atoms with Crippen LogP contribution >= 0.6 is 11.8 Å². The fourth-order valence-corrected chi connectivity index (χ4v) is 3.16. The lowest BCUT2D eigenvalue weighted by Gasteiger charge is -2.28. The summed E-state index contributed by atoms with van der Waals surface area (Å²) in [6.45, 7) is 4.26. The van der Waals surface area contributed by atoms with Gasteiger partial charge in [-0.3, -0.25) is 14.3 Å².